The Labute approximate surface area is 108 Å². The van der Waals surface area contributed by atoms with Gasteiger partial charge in [0.2, 0.25) is 0 Å². The summed E-state index contributed by atoms with van der Waals surface area (Å²) >= 11 is 0. The molecule has 1 aliphatic heterocycles. The highest BCUT2D eigenvalue weighted by Gasteiger charge is 2.29. The Morgan fingerprint density at radius 2 is 2.22 bits per heavy atom. The van der Waals surface area contributed by atoms with Crippen molar-refractivity contribution < 1.29 is 9.90 Å². The van der Waals surface area contributed by atoms with Gasteiger partial charge in [-0.25, -0.2) is 0 Å². The fraction of sp³-hybridized carbons (Fsp3) is 0.643. The number of hydrogen-bond donors (Lipinski definition) is 1. The normalized spacial score (nSPS) is 24.6. The van der Waals surface area contributed by atoms with Gasteiger partial charge in [-0.15, -0.1) is 0 Å². The molecular formula is C14H22N2O2. The molecule has 1 aliphatic rings. The maximum Gasteiger partial charge on any atom is 0.270 e. The fourth-order valence-electron chi connectivity index (χ4n) is 2.42. The number of carbonyl (C=O) groups excluding carboxylic acids is 1. The minimum absolute atomic E-state index is 0.0275. The van der Waals surface area contributed by atoms with E-state index in [0.29, 0.717) is 12.2 Å². The number of piperidine rings is 1. The van der Waals surface area contributed by atoms with E-state index < -0.39 is 6.10 Å². The Kier molecular flexibility index (Phi) is 3.76. The van der Waals surface area contributed by atoms with Crippen LogP contribution in [0.1, 0.15) is 43.7 Å². The van der Waals surface area contributed by atoms with Crippen molar-refractivity contribution in [1.82, 2.24) is 9.47 Å². The van der Waals surface area contributed by atoms with Gasteiger partial charge >= 0.3 is 0 Å². The molecule has 0 aromatic carbocycles. The van der Waals surface area contributed by atoms with Gasteiger partial charge in [-0.1, -0.05) is 6.92 Å². The first-order chi connectivity index (χ1) is 8.50. The average molecular weight is 250 g/mol. The van der Waals surface area contributed by atoms with E-state index in [1.165, 1.54) is 0 Å². The molecule has 1 aromatic heterocycles. The number of nitrogens with zero attached hydrogens (tertiary/aromatic N) is 2. The van der Waals surface area contributed by atoms with Gasteiger partial charge in [0.15, 0.2) is 0 Å². The highest BCUT2D eigenvalue weighted by Crippen LogP contribution is 2.20. The van der Waals surface area contributed by atoms with Gasteiger partial charge in [0.1, 0.15) is 5.69 Å². The largest absolute Gasteiger partial charge is 0.391 e. The predicted molar refractivity (Wildman–Crippen MR) is 70.5 cm³/mol. The smallest absolute Gasteiger partial charge is 0.270 e. The molecule has 18 heavy (non-hydrogen) atoms. The first-order valence-electron chi connectivity index (χ1n) is 6.65. The second-order valence-corrected chi connectivity index (χ2v) is 5.48. The van der Waals surface area contributed by atoms with E-state index in [4.69, 9.17) is 0 Å². The lowest BCUT2D eigenvalue weighted by Gasteiger charge is -2.34. The van der Waals surface area contributed by atoms with Crippen LogP contribution in [0.2, 0.25) is 0 Å². The maximum absolute atomic E-state index is 12.4. The van der Waals surface area contributed by atoms with Crippen LogP contribution in [-0.2, 0) is 0 Å². The van der Waals surface area contributed by atoms with Gasteiger partial charge in [0.25, 0.3) is 5.91 Å². The van der Waals surface area contributed by atoms with Crippen molar-refractivity contribution in [3.63, 3.8) is 0 Å². The number of likely N-dealkylation sites (tertiary alicyclic amines) is 1. The number of amides is 1. The first kappa shape index (κ1) is 13.1. The lowest BCUT2D eigenvalue weighted by atomic mass is 9.96. The van der Waals surface area contributed by atoms with Gasteiger partial charge in [-0.2, -0.15) is 0 Å². The number of β-amino-alcohol motifs (C(OH)–C–C–N with tert-alkyl or cyclic N) is 1. The lowest BCUT2D eigenvalue weighted by Crippen LogP contribution is -2.46. The van der Waals surface area contributed by atoms with Crippen LogP contribution in [0.15, 0.2) is 18.3 Å². The number of aliphatic hydroxyl groups is 1. The standard InChI is InChI=1S/C14H22N2O2/c1-10(2)16-7-4-5-12(16)14(18)15-8-6-11(3)13(17)9-15/h4-5,7,10-11,13,17H,6,8-9H2,1-3H3. The van der Waals surface area contributed by atoms with Crippen LogP contribution in [0.5, 0.6) is 0 Å². The number of carbonyl (C=O) groups is 1. The monoisotopic (exact) mass is 250 g/mol. The van der Waals surface area contributed by atoms with Crippen LogP contribution in [0.25, 0.3) is 0 Å². The average Bonchev–Trinajstić information content (AvgIpc) is 2.81. The molecule has 1 fully saturated rings. The molecule has 0 bridgehead atoms. The predicted octanol–water partition coefficient (Wildman–Crippen LogP) is 1.91. The first-order valence-corrected chi connectivity index (χ1v) is 6.65. The molecule has 1 saturated heterocycles. The molecular weight excluding hydrogens is 228 g/mol. The van der Waals surface area contributed by atoms with E-state index in [-0.39, 0.29) is 17.9 Å². The van der Waals surface area contributed by atoms with Crippen molar-refractivity contribution in [3.8, 4) is 0 Å². The molecule has 0 spiro atoms. The molecule has 2 rings (SSSR count). The van der Waals surface area contributed by atoms with Crippen LogP contribution in [0, 0.1) is 5.92 Å². The molecule has 1 aromatic rings. The summed E-state index contributed by atoms with van der Waals surface area (Å²) in [6, 6.07) is 4.02. The van der Waals surface area contributed by atoms with Crippen molar-refractivity contribution in [1.29, 1.82) is 0 Å². The molecule has 0 radical (unpaired) electrons. The molecule has 0 aliphatic carbocycles. The number of aromatic nitrogens is 1. The summed E-state index contributed by atoms with van der Waals surface area (Å²) in [7, 11) is 0. The molecule has 0 saturated carbocycles. The summed E-state index contributed by atoms with van der Waals surface area (Å²) in [5.74, 6) is 0.311. The molecule has 2 heterocycles. The van der Waals surface area contributed by atoms with Crippen molar-refractivity contribution in [2.45, 2.75) is 39.3 Å². The van der Waals surface area contributed by atoms with Gasteiger partial charge in [-0.05, 0) is 38.3 Å². The third-order valence-electron chi connectivity index (χ3n) is 3.76. The Morgan fingerprint density at radius 1 is 1.50 bits per heavy atom. The summed E-state index contributed by atoms with van der Waals surface area (Å²) in [5.41, 5.74) is 0.715. The molecule has 2 unspecified atom stereocenters. The third kappa shape index (κ3) is 2.43. The van der Waals surface area contributed by atoms with Gasteiger partial charge in [0.05, 0.1) is 6.10 Å². The number of hydrogen-bond acceptors (Lipinski definition) is 2. The highest BCUT2D eigenvalue weighted by molar-refractivity contribution is 5.93. The number of aliphatic hydroxyl groups excluding tert-OH is 1. The topological polar surface area (TPSA) is 45.5 Å². The quantitative estimate of drug-likeness (QED) is 0.871. The zero-order valence-electron chi connectivity index (χ0n) is 11.3. The van der Waals surface area contributed by atoms with Gasteiger partial charge < -0.3 is 14.6 Å². The maximum atomic E-state index is 12.4. The van der Waals surface area contributed by atoms with Crippen LogP contribution < -0.4 is 0 Å². The molecule has 1 N–H and O–H groups in total. The molecule has 4 nitrogen and oxygen atoms in total. The van der Waals surface area contributed by atoms with Crippen molar-refractivity contribution >= 4 is 5.91 Å². The highest BCUT2D eigenvalue weighted by atomic mass is 16.3. The summed E-state index contributed by atoms with van der Waals surface area (Å²) in [6.45, 7) is 7.33. The minimum atomic E-state index is -0.398. The second-order valence-electron chi connectivity index (χ2n) is 5.48. The molecule has 1 amide bonds. The summed E-state index contributed by atoms with van der Waals surface area (Å²) in [6.07, 6.45) is 2.40. The van der Waals surface area contributed by atoms with E-state index in [9.17, 15) is 9.90 Å². The van der Waals surface area contributed by atoms with Gasteiger partial charge in [0, 0.05) is 25.3 Å². The van der Waals surface area contributed by atoms with Crippen molar-refractivity contribution in [2.24, 2.45) is 5.92 Å². The summed E-state index contributed by atoms with van der Waals surface area (Å²) in [5, 5.41) is 9.87. The fourth-order valence-corrected chi connectivity index (χ4v) is 2.42. The van der Waals surface area contributed by atoms with Crippen LogP contribution in [-0.4, -0.2) is 39.7 Å². The van der Waals surface area contributed by atoms with Gasteiger partial charge in [-0.3, -0.25) is 4.79 Å². The molecule has 4 heteroatoms. The zero-order valence-corrected chi connectivity index (χ0v) is 11.3. The Bertz CT molecular complexity index is 425. The Hall–Kier alpha value is -1.29. The zero-order chi connectivity index (χ0) is 13.3. The van der Waals surface area contributed by atoms with E-state index >= 15 is 0 Å². The summed E-state index contributed by atoms with van der Waals surface area (Å²) < 4.78 is 1.98. The van der Waals surface area contributed by atoms with Crippen LogP contribution in [0.4, 0.5) is 0 Å². The third-order valence-corrected chi connectivity index (χ3v) is 3.76. The van der Waals surface area contributed by atoms with E-state index in [0.717, 1.165) is 13.0 Å². The van der Waals surface area contributed by atoms with E-state index in [1.54, 1.807) is 4.90 Å². The molecule has 2 atom stereocenters. The Morgan fingerprint density at radius 3 is 2.83 bits per heavy atom. The van der Waals surface area contributed by atoms with Crippen molar-refractivity contribution in [3.05, 3.63) is 24.0 Å². The van der Waals surface area contributed by atoms with E-state index in [1.807, 2.05) is 29.8 Å². The van der Waals surface area contributed by atoms with Crippen LogP contribution in [0.3, 0.4) is 0 Å². The van der Waals surface area contributed by atoms with Crippen molar-refractivity contribution in [2.75, 3.05) is 13.1 Å². The summed E-state index contributed by atoms with van der Waals surface area (Å²) in [4.78, 5) is 14.2. The Balaban J connectivity index is 2.14. The minimum Gasteiger partial charge on any atom is -0.391 e. The van der Waals surface area contributed by atoms with Crippen LogP contribution >= 0.6 is 0 Å². The second kappa shape index (κ2) is 5.14. The molecule has 100 valence electrons. The SMILES string of the molecule is CC1CCN(C(=O)c2cccn2C(C)C)CC1O. The number of rotatable bonds is 2. The van der Waals surface area contributed by atoms with E-state index in [2.05, 4.69) is 13.8 Å². The lowest BCUT2D eigenvalue weighted by molar-refractivity contribution is 0.0241.